The minimum Gasteiger partial charge on any atom is -0.326 e. The van der Waals surface area contributed by atoms with Crippen molar-refractivity contribution in [3.8, 4) is 12.3 Å². The largest absolute Gasteiger partial charge is 0.326 e. The molecule has 2 unspecified atom stereocenters. The van der Waals surface area contributed by atoms with Crippen LogP contribution in [-0.2, 0) is 4.79 Å². The summed E-state index contributed by atoms with van der Waals surface area (Å²) in [5, 5.41) is 4.64. The lowest BCUT2D eigenvalue weighted by atomic mass is 9.99. The van der Waals surface area contributed by atoms with Crippen LogP contribution in [0.2, 0.25) is 0 Å². The average Bonchev–Trinajstić information content (AvgIpc) is 2.30. The smallest absolute Gasteiger partial charge is 0.322 e. The van der Waals surface area contributed by atoms with Crippen molar-refractivity contribution in [3.05, 3.63) is 0 Å². The van der Waals surface area contributed by atoms with Crippen molar-refractivity contribution < 1.29 is 9.59 Å². The second kappa shape index (κ2) is 3.26. The second-order valence-corrected chi connectivity index (χ2v) is 2.83. The molecule has 0 aromatic carbocycles. The molecule has 1 fully saturated rings. The third kappa shape index (κ3) is 1.56. The Bertz CT molecular complexity index is 254. The highest BCUT2D eigenvalue weighted by molar-refractivity contribution is 6.04. The summed E-state index contributed by atoms with van der Waals surface area (Å²) in [5.74, 6) is 2.15. The lowest BCUT2D eigenvalue weighted by molar-refractivity contribution is -0.121. The molecule has 2 atom stereocenters. The average molecular weight is 166 g/mol. The summed E-state index contributed by atoms with van der Waals surface area (Å²) in [6.45, 7) is 1.83. The van der Waals surface area contributed by atoms with E-state index in [0.717, 1.165) is 0 Å². The van der Waals surface area contributed by atoms with Crippen LogP contribution in [0.15, 0.2) is 0 Å². The van der Waals surface area contributed by atoms with Crippen LogP contribution in [0.4, 0.5) is 4.79 Å². The third-order valence-electron chi connectivity index (χ3n) is 1.81. The molecule has 12 heavy (non-hydrogen) atoms. The van der Waals surface area contributed by atoms with Crippen LogP contribution in [0, 0.1) is 18.3 Å². The fourth-order valence-electron chi connectivity index (χ4n) is 1.14. The lowest BCUT2D eigenvalue weighted by Gasteiger charge is -2.12. The monoisotopic (exact) mass is 166 g/mol. The highest BCUT2D eigenvalue weighted by atomic mass is 16.2. The molecular formula is C8H10N2O2. The summed E-state index contributed by atoms with van der Waals surface area (Å²) in [6, 6.07) is -0.901. The van der Waals surface area contributed by atoms with Gasteiger partial charge in [-0.05, 0) is 5.92 Å². The number of imide groups is 1. The molecule has 1 aliphatic heterocycles. The van der Waals surface area contributed by atoms with Gasteiger partial charge in [-0.2, -0.15) is 0 Å². The van der Waals surface area contributed by atoms with Crippen molar-refractivity contribution in [2.75, 3.05) is 0 Å². The van der Waals surface area contributed by atoms with E-state index in [0.29, 0.717) is 6.42 Å². The Hall–Kier alpha value is -1.50. The van der Waals surface area contributed by atoms with Gasteiger partial charge in [0.25, 0.3) is 5.91 Å². The van der Waals surface area contributed by atoms with Crippen LogP contribution in [0.1, 0.15) is 13.3 Å². The number of hydrogen-bond donors (Lipinski definition) is 2. The molecule has 3 amide bonds. The molecule has 0 spiro atoms. The Balaban J connectivity index is 2.59. The standard InChI is InChI=1S/C8H10N2O2/c1-3-4-5(2)6-7(11)10-8(12)9-6/h1,5-6H,4H2,2H3,(H2,9,10,11,12). The zero-order valence-corrected chi connectivity index (χ0v) is 6.76. The molecule has 1 heterocycles. The van der Waals surface area contributed by atoms with Crippen molar-refractivity contribution in [1.29, 1.82) is 0 Å². The molecule has 0 aromatic rings. The van der Waals surface area contributed by atoms with Crippen molar-refractivity contribution in [1.82, 2.24) is 10.6 Å². The van der Waals surface area contributed by atoms with Gasteiger partial charge in [-0.25, -0.2) is 4.79 Å². The van der Waals surface area contributed by atoms with Gasteiger partial charge in [0, 0.05) is 6.42 Å². The summed E-state index contributed by atoms with van der Waals surface area (Å²) in [7, 11) is 0. The molecule has 4 nitrogen and oxygen atoms in total. The summed E-state index contributed by atoms with van der Waals surface area (Å²) < 4.78 is 0. The van der Waals surface area contributed by atoms with Crippen molar-refractivity contribution in [2.45, 2.75) is 19.4 Å². The van der Waals surface area contributed by atoms with Gasteiger partial charge in [0.1, 0.15) is 6.04 Å². The molecular weight excluding hydrogens is 156 g/mol. The Kier molecular flexibility index (Phi) is 2.34. The molecule has 0 saturated carbocycles. The van der Waals surface area contributed by atoms with Crippen LogP contribution in [0.5, 0.6) is 0 Å². The number of terminal acetylenes is 1. The number of carbonyl (C=O) groups is 2. The first-order valence-corrected chi connectivity index (χ1v) is 3.70. The molecule has 1 rings (SSSR count). The van der Waals surface area contributed by atoms with Gasteiger partial charge in [0.15, 0.2) is 0 Å². The van der Waals surface area contributed by atoms with Crippen LogP contribution in [0.3, 0.4) is 0 Å². The Morgan fingerprint density at radius 3 is 2.75 bits per heavy atom. The Labute approximate surface area is 70.7 Å². The van der Waals surface area contributed by atoms with E-state index in [1.54, 1.807) is 0 Å². The maximum absolute atomic E-state index is 11.0. The zero-order valence-electron chi connectivity index (χ0n) is 6.76. The molecule has 0 aliphatic carbocycles. The van der Waals surface area contributed by atoms with Gasteiger partial charge in [-0.3, -0.25) is 10.1 Å². The molecule has 1 saturated heterocycles. The van der Waals surface area contributed by atoms with Gasteiger partial charge in [0.05, 0.1) is 0 Å². The molecule has 0 aromatic heterocycles. The van der Waals surface area contributed by atoms with Crippen molar-refractivity contribution >= 4 is 11.9 Å². The van der Waals surface area contributed by atoms with E-state index < -0.39 is 12.1 Å². The van der Waals surface area contributed by atoms with E-state index in [1.165, 1.54) is 0 Å². The van der Waals surface area contributed by atoms with E-state index in [1.807, 2.05) is 6.92 Å². The number of hydrogen-bond acceptors (Lipinski definition) is 2. The summed E-state index contributed by atoms with van der Waals surface area (Å²) in [6.07, 6.45) is 5.57. The maximum atomic E-state index is 11.0. The van der Waals surface area contributed by atoms with Crippen LogP contribution in [0.25, 0.3) is 0 Å². The fourth-order valence-corrected chi connectivity index (χ4v) is 1.14. The molecule has 64 valence electrons. The summed E-state index contributed by atoms with van der Waals surface area (Å²) >= 11 is 0. The van der Waals surface area contributed by atoms with E-state index in [9.17, 15) is 9.59 Å². The van der Waals surface area contributed by atoms with Gasteiger partial charge >= 0.3 is 6.03 Å². The second-order valence-electron chi connectivity index (χ2n) is 2.83. The molecule has 4 heteroatoms. The van der Waals surface area contributed by atoms with Gasteiger partial charge in [-0.15, -0.1) is 12.3 Å². The van der Waals surface area contributed by atoms with E-state index >= 15 is 0 Å². The van der Waals surface area contributed by atoms with Gasteiger partial charge in [-0.1, -0.05) is 6.92 Å². The summed E-state index contributed by atoms with van der Waals surface area (Å²) in [4.78, 5) is 21.7. The molecule has 2 N–H and O–H groups in total. The quantitative estimate of drug-likeness (QED) is 0.443. The SMILES string of the molecule is C#CCC(C)C1NC(=O)NC1=O. The van der Waals surface area contributed by atoms with Crippen molar-refractivity contribution in [3.63, 3.8) is 0 Å². The number of carbonyl (C=O) groups excluding carboxylic acids is 2. The van der Waals surface area contributed by atoms with Crippen LogP contribution in [-0.4, -0.2) is 18.0 Å². The van der Waals surface area contributed by atoms with Gasteiger partial charge in [0.2, 0.25) is 0 Å². The fraction of sp³-hybridized carbons (Fsp3) is 0.500. The number of rotatable bonds is 2. The first kappa shape index (κ1) is 8.60. The van der Waals surface area contributed by atoms with Crippen molar-refractivity contribution in [2.24, 2.45) is 5.92 Å². The normalized spacial score (nSPS) is 24.2. The zero-order chi connectivity index (χ0) is 9.14. The van der Waals surface area contributed by atoms with E-state index in [2.05, 4.69) is 16.6 Å². The van der Waals surface area contributed by atoms with Gasteiger partial charge < -0.3 is 5.32 Å². The highest BCUT2D eigenvalue weighted by Gasteiger charge is 2.33. The predicted octanol–water partition coefficient (Wildman–Crippen LogP) is -0.146. The lowest BCUT2D eigenvalue weighted by Crippen LogP contribution is -2.35. The molecule has 0 radical (unpaired) electrons. The first-order chi connectivity index (χ1) is 5.65. The van der Waals surface area contributed by atoms with Crippen LogP contribution >= 0.6 is 0 Å². The Morgan fingerprint density at radius 2 is 2.33 bits per heavy atom. The minimum atomic E-state index is -0.464. The Morgan fingerprint density at radius 1 is 1.67 bits per heavy atom. The first-order valence-electron chi connectivity index (χ1n) is 3.70. The molecule has 1 aliphatic rings. The maximum Gasteiger partial charge on any atom is 0.322 e. The van der Waals surface area contributed by atoms with E-state index in [4.69, 9.17) is 6.42 Å². The summed E-state index contributed by atoms with van der Waals surface area (Å²) in [5.41, 5.74) is 0. The predicted molar refractivity (Wildman–Crippen MR) is 43.1 cm³/mol. The number of amides is 3. The van der Waals surface area contributed by atoms with E-state index in [-0.39, 0.29) is 11.8 Å². The highest BCUT2D eigenvalue weighted by Crippen LogP contribution is 2.10. The van der Waals surface area contributed by atoms with Crippen LogP contribution < -0.4 is 10.6 Å². The number of nitrogens with one attached hydrogen (secondary N) is 2. The molecule has 0 bridgehead atoms. The topological polar surface area (TPSA) is 58.2 Å². The minimum absolute atomic E-state index is 0.0125. The number of urea groups is 1. The third-order valence-corrected chi connectivity index (χ3v) is 1.81.